The van der Waals surface area contributed by atoms with Crippen LogP contribution in [0.5, 0.6) is 0 Å². The lowest BCUT2D eigenvalue weighted by molar-refractivity contribution is -0.124. The number of carbonyl (C=O) groups is 1. The van der Waals surface area contributed by atoms with Crippen LogP contribution >= 0.6 is 11.8 Å². The standard InChI is InChI=1S/C11H15N3OS/c12-14-10(15)11(5-1-2-7-16-11)9-4-3-6-13-8-9/h3-4,6,8H,1-2,5,7,12H2,(H,14,15)/t11-/m0/s1. The molecule has 0 unspecified atom stereocenters. The summed E-state index contributed by atoms with van der Waals surface area (Å²) in [7, 11) is 0. The van der Waals surface area contributed by atoms with Gasteiger partial charge in [-0.3, -0.25) is 15.2 Å². The van der Waals surface area contributed by atoms with E-state index in [9.17, 15) is 4.79 Å². The van der Waals surface area contributed by atoms with Crippen LogP contribution in [0.15, 0.2) is 24.5 Å². The summed E-state index contributed by atoms with van der Waals surface area (Å²) in [5.41, 5.74) is 3.23. The maximum absolute atomic E-state index is 12.0. The molecule has 0 radical (unpaired) electrons. The van der Waals surface area contributed by atoms with Gasteiger partial charge in [-0.05, 0) is 30.2 Å². The van der Waals surface area contributed by atoms with E-state index in [1.807, 2.05) is 12.1 Å². The van der Waals surface area contributed by atoms with Gasteiger partial charge in [-0.2, -0.15) is 0 Å². The number of nitrogens with one attached hydrogen (secondary N) is 1. The molecule has 1 atom stereocenters. The zero-order chi connectivity index (χ0) is 11.4. The van der Waals surface area contributed by atoms with Gasteiger partial charge in [0.25, 0.3) is 5.91 Å². The number of hydrazine groups is 1. The minimum absolute atomic E-state index is 0.120. The third-order valence-corrected chi connectivity index (χ3v) is 4.51. The number of nitrogens with zero attached hydrogens (tertiary/aromatic N) is 1. The molecular weight excluding hydrogens is 222 g/mol. The molecule has 0 spiro atoms. The van der Waals surface area contributed by atoms with E-state index in [-0.39, 0.29) is 5.91 Å². The monoisotopic (exact) mass is 237 g/mol. The molecule has 2 rings (SSSR count). The van der Waals surface area contributed by atoms with Gasteiger partial charge in [-0.15, -0.1) is 11.8 Å². The van der Waals surface area contributed by atoms with Gasteiger partial charge in [-0.25, -0.2) is 5.84 Å². The van der Waals surface area contributed by atoms with Crippen LogP contribution in [0.3, 0.4) is 0 Å². The molecule has 1 aliphatic rings. The Morgan fingerprint density at radius 2 is 2.44 bits per heavy atom. The van der Waals surface area contributed by atoms with Crippen LogP contribution in [0.2, 0.25) is 0 Å². The molecule has 86 valence electrons. The van der Waals surface area contributed by atoms with Crippen molar-refractivity contribution in [3.8, 4) is 0 Å². The molecule has 1 aromatic rings. The highest BCUT2D eigenvalue weighted by molar-refractivity contribution is 8.01. The lowest BCUT2D eigenvalue weighted by Gasteiger charge is -2.34. The summed E-state index contributed by atoms with van der Waals surface area (Å²) in [5.74, 6) is 6.16. The average Bonchev–Trinajstić information content (AvgIpc) is 2.39. The van der Waals surface area contributed by atoms with E-state index >= 15 is 0 Å². The maximum atomic E-state index is 12.0. The minimum Gasteiger partial charge on any atom is -0.293 e. The van der Waals surface area contributed by atoms with Gasteiger partial charge in [0.05, 0.1) is 0 Å². The van der Waals surface area contributed by atoms with E-state index in [1.165, 1.54) is 0 Å². The normalized spacial score (nSPS) is 25.1. The quantitative estimate of drug-likeness (QED) is 0.460. The molecule has 1 aliphatic heterocycles. The Hall–Kier alpha value is -1.07. The summed E-state index contributed by atoms with van der Waals surface area (Å²) in [6.07, 6.45) is 6.50. The van der Waals surface area contributed by atoms with Gasteiger partial charge < -0.3 is 0 Å². The Bertz CT molecular complexity index is 363. The molecule has 4 nitrogen and oxygen atoms in total. The lowest BCUT2D eigenvalue weighted by Crippen LogP contribution is -2.46. The van der Waals surface area contributed by atoms with Crippen LogP contribution in [0.25, 0.3) is 0 Å². The van der Waals surface area contributed by atoms with E-state index in [0.717, 1.165) is 30.6 Å². The molecule has 1 fully saturated rings. The predicted molar refractivity (Wildman–Crippen MR) is 64.6 cm³/mol. The van der Waals surface area contributed by atoms with Crippen LogP contribution in [0.4, 0.5) is 0 Å². The average molecular weight is 237 g/mol. The maximum Gasteiger partial charge on any atom is 0.254 e. The molecule has 3 N–H and O–H groups in total. The van der Waals surface area contributed by atoms with E-state index in [2.05, 4.69) is 10.4 Å². The number of rotatable bonds is 2. The first-order valence-corrected chi connectivity index (χ1v) is 6.34. The van der Waals surface area contributed by atoms with Crippen LogP contribution in [-0.2, 0) is 9.54 Å². The zero-order valence-electron chi connectivity index (χ0n) is 8.98. The van der Waals surface area contributed by atoms with E-state index in [0.29, 0.717) is 0 Å². The van der Waals surface area contributed by atoms with Gasteiger partial charge in [-0.1, -0.05) is 12.5 Å². The summed E-state index contributed by atoms with van der Waals surface area (Å²) in [5, 5.41) is 0. The van der Waals surface area contributed by atoms with Crippen molar-refractivity contribution in [2.45, 2.75) is 24.0 Å². The smallest absolute Gasteiger partial charge is 0.254 e. The highest BCUT2D eigenvalue weighted by atomic mass is 32.2. The van der Waals surface area contributed by atoms with Crippen molar-refractivity contribution >= 4 is 17.7 Å². The number of carbonyl (C=O) groups excluding carboxylic acids is 1. The number of thioether (sulfide) groups is 1. The minimum atomic E-state index is -0.540. The third-order valence-electron chi connectivity index (χ3n) is 2.90. The SMILES string of the molecule is NNC(=O)[C@@]1(c2cccnc2)CCCCS1. The first-order chi connectivity index (χ1) is 7.79. The zero-order valence-corrected chi connectivity index (χ0v) is 9.80. The second-order valence-electron chi connectivity index (χ2n) is 3.85. The third kappa shape index (κ3) is 1.92. The molecule has 1 amide bonds. The van der Waals surface area contributed by atoms with Crippen molar-refractivity contribution in [1.82, 2.24) is 10.4 Å². The Kier molecular flexibility index (Phi) is 3.46. The summed E-state index contributed by atoms with van der Waals surface area (Å²) in [6, 6.07) is 3.80. The van der Waals surface area contributed by atoms with Crippen molar-refractivity contribution in [2.75, 3.05) is 5.75 Å². The van der Waals surface area contributed by atoms with Gasteiger partial charge >= 0.3 is 0 Å². The fourth-order valence-electron chi connectivity index (χ4n) is 2.05. The molecule has 1 aromatic heterocycles. The molecule has 2 heterocycles. The Labute approximate surface area is 99.0 Å². The molecule has 1 saturated heterocycles. The topological polar surface area (TPSA) is 68.0 Å². The van der Waals surface area contributed by atoms with Crippen LogP contribution in [0.1, 0.15) is 24.8 Å². The van der Waals surface area contributed by atoms with Gasteiger partial charge in [0.15, 0.2) is 0 Å². The largest absolute Gasteiger partial charge is 0.293 e. The fraction of sp³-hybridized carbons (Fsp3) is 0.455. The number of pyridine rings is 1. The molecule has 0 bridgehead atoms. The second-order valence-corrected chi connectivity index (χ2v) is 5.24. The Morgan fingerprint density at radius 1 is 1.56 bits per heavy atom. The van der Waals surface area contributed by atoms with Crippen molar-refractivity contribution in [1.29, 1.82) is 0 Å². The van der Waals surface area contributed by atoms with Crippen LogP contribution in [0, 0.1) is 0 Å². The van der Waals surface area contributed by atoms with Crippen LogP contribution in [-0.4, -0.2) is 16.6 Å². The van der Waals surface area contributed by atoms with Crippen molar-refractivity contribution in [2.24, 2.45) is 5.84 Å². The molecule has 0 aromatic carbocycles. The summed E-state index contributed by atoms with van der Waals surface area (Å²) in [6.45, 7) is 0. The van der Waals surface area contributed by atoms with E-state index in [1.54, 1.807) is 24.2 Å². The molecule has 0 aliphatic carbocycles. The van der Waals surface area contributed by atoms with Gasteiger partial charge in [0.1, 0.15) is 4.75 Å². The van der Waals surface area contributed by atoms with Crippen molar-refractivity contribution in [3.05, 3.63) is 30.1 Å². The molecule has 5 heteroatoms. The summed E-state index contributed by atoms with van der Waals surface area (Å²) < 4.78 is -0.540. The summed E-state index contributed by atoms with van der Waals surface area (Å²) >= 11 is 1.66. The molecular formula is C11H15N3OS. The second kappa shape index (κ2) is 4.84. The lowest BCUT2D eigenvalue weighted by atomic mass is 9.92. The van der Waals surface area contributed by atoms with Gasteiger partial charge in [0, 0.05) is 12.4 Å². The number of nitrogens with two attached hydrogens (primary N) is 1. The highest BCUT2D eigenvalue weighted by Crippen LogP contribution is 2.44. The highest BCUT2D eigenvalue weighted by Gasteiger charge is 2.41. The van der Waals surface area contributed by atoms with Gasteiger partial charge in [0.2, 0.25) is 0 Å². The Morgan fingerprint density at radius 3 is 3.00 bits per heavy atom. The number of amides is 1. The molecule has 16 heavy (non-hydrogen) atoms. The number of hydrogen-bond acceptors (Lipinski definition) is 4. The first-order valence-electron chi connectivity index (χ1n) is 5.35. The first kappa shape index (κ1) is 11.4. The Balaban J connectivity index is 2.38. The van der Waals surface area contributed by atoms with Crippen molar-refractivity contribution in [3.63, 3.8) is 0 Å². The van der Waals surface area contributed by atoms with Crippen LogP contribution < -0.4 is 11.3 Å². The van der Waals surface area contributed by atoms with E-state index < -0.39 is 4.75 Å². The molecule has 0 saturated carbocycles. The fourth-order valence-corrected chi connectivity index (χ4v) is 3.51. The number of aromatic nitrogens is 1. The van der Waals surface area contributed by atoms with Crippen molar-refractivity contribution < 1.29 is 4.79 Å². The predicted octanol–water partition coefficient (Wildman–Crippen LogP) is 1.18. The number of hydrogen-bond donors (Lipinski definition) is 2. The van der Waals surface area contributed by atoms with E-state index in [4.69, 9.17) is 5.84 Å². The summed E-state index contributed by atoms with van der Waals surface area (Å²) in [4.78, 5) is 16.1.